The maximum Gasteiger partial charge on any atom is 0.234 e. The first-order valence-electron chi connectivity index (χ1n) is 8.33. The number of carbonyl (C=O) groups is 1. The number of nitrogens with one attached hydrogen (secondary N) is 1. The Labute approximate surface area is 149 Å². The van der Waals surface area contributed by atoms with Gasteiger partial charge in [-0.25, -0.2) is 0 Å². The van der Waals surface area contributed by atoms with E-state index in [4.69, 9.17) is 4.74 Å². The number of methoxy groups -OCH3 is 1. The maximum absolute atomic E-state index is 12.3. The number of nitrogens with zero attached hydrogens (tertiary/aromatic N) is 1. The Bertz CT molecular complexity index is 703. The zero-order chi connectivity index (χ0) is 18.2. The number of likely N-dealkylation sites (N-methyl/N-ethyl adjacent to an activating group) is 1. The lowest BCUT2D eigenvalue weighted by Crippen LogP contribution is -2.36. The van der Waals surface area contributed by atoms with Crippen LogP contribution in [0.5, 0.6) is 5.75 Å². The molecule has 1 amide bonds. The topological polar surface area (TPSA) is 61.8 Å². The molecule has 0 spiro atoms. The summed E-state index contributed by atoms with van der Waals surface area (Å²) in [6.45, 7) is 3.30. The molecule has 134 valence electrons. The summed E-state index contributed by atoms with van der Waals surface area (Å²) < 4.78 is 5.19. The van der Waals surface area contributed by atoms with Gasteiger partial charge < -0.3 is 15.2 Å². The highest BCUT2D eigenvalue weighted by molar-refractivity contribution is 5.78. The Kier molecular flexibility index (Phi) is 6.98. The molecule has 0 radical (unpaired) electrons. The van der Waals surface area contributed by atoms with Gasteiger partial charge in [-0.2, -0.15) is 0 Å². The quantitative estimate of drug-likeness (QED) is 0.774. The average molecular weight is 342 g/mol. The number of rotatable bonds is 8. The van der Waals surface area contributed by atoms with Crippen molar-refractivity contribution >= 4 is 5.91 Å². The fraction of sp³-hybridized carbons (Fsp3) is 0.350. The van der Waals surface area contributed by atoms with Gasteiger partial charge in [0.25, 0.3) is 0 Å². The first kappa shape index (κ1) is 19.0. The van der Waals surface area contributed by atoms with Crippen LogP contribution in [0, 0.1) is 0 Å². The smallest absolute Gasteiger partial charge is 0.234 e. The molecule has 0 aliphatic carbocycles. The van der Waals surface area contributed by atoms with Crippen LogP contribution in [0.1, 0.15) is 29.7 Å². The number of phenolic OH excluding ortho intramolecular Hbond substituents is 1. The molecule has 1 unspecified atom stereocenters. The third-order valence-electron chi connectivity index (χ3n) is 4.30. The van der Waals surface area contributed by atoms with Crippen LogP contribution < -0.4 is 5.32 Å². The van der Waals surface area contributed by atoms with Crippen LogP contribution in [0.2, 0.25) is 0 Å². The first-order chi connectivity index (χ1) is 12.0. The van der Waals surface area contributed by atoms with Crippen LogP contribution in [0.15, 0.2) is 48.5 Å². The zero-order valence-electron chi connectivity index (χ0n) is 15.0. The van der Waals surface area contributed by atoms with E-state index < -0.39 is 0 Å². The lowest BCUT2D eigenvalue weighted by Gasteiger charge is -2.24. The summed E-state index contributed by atoms with van der Waals surface area (Å²) in [5.41, 5.74) is 3.11. The summed E-state index contributed by atoms with van der Waals surface area (Å²) in [6.07, 6.45) is 0. The van der Waals surface area contributed by atoms with E-state index in [1.807, 2.05) is 55.3 Å². The summed E-state index contributed by atoms with van der Waals surface area (Å²) in [5, 5.41) is 12.6. The molecule has 2 aromatic carbocycles. The Morgan fingerprint density at radius 3 is 2.60 bits per heavy atom. The summed E-state index contributed by atoms with van der Waals surface area (Å²) in [7, 11) is 3.56. The van der Waals surface area contributed by atoms with E-state index in [0.29, 0.717) is 13.2 Å². The van der Waals surface area contributed by atoms with E-state index in [1.165, 1.54) is 0 Å². The Morgan fingerprint density at radius 2 is 1.92 bits per heavy atom. The predicted octanol–water partition coefficient (Wildman–Crippen LogP) is 2.85. The van der Waals surface area contributed by atoms with Crippen molar-refractivity contribution < 1.29 is 14.6 Å². The second-order valence-corrected chi connectivity index (χ2v) is 6.16. The van der Waals surface area contributed by atoms with Crippen molar-refractivity contribution in [1.29, 1.82) is 0 Å². The van der Waals surface area contributed by atoms with E-state index in [0.717, 1.165) is 16.7 Å². The number of amides is 1. The van der Waals surface area contributed by atoms with E-state index >= 15 is 0 Å². The van der Waals surface area contributed by atoms with Gasteiger partial charge >= 0.3 is 0 Å². The fourth-order valence-corrected chi connectivity index (χ4v) is 2.68. The normalized spacial score (nSPS) is 12.2. The highest BCUT2D eigenvalue weighted by atomic mass is 16.5. The molecule has 25 heavy (non-hydrogen) atoms. The number of phenols is 1. The van der Waals surface area contributed by atoms with Crippen molar-refractivity contribution in [2.75, 3.05) is 20.7 Å². The summed E-state index contributed by atoms with van der Waals surface area (Å²) in [4.78, 5) is 14.2. The van der Waals surface area contributed by atoms with E-state index in [2.05, 4.69) is 5.32 Å². The van der Waals surface area contributed by atoms with Crippen molar-refractivity contribution in [2.24, 2.45) is 0 Å². The van der Waals surface area contributed by atoms with Gasteiger partial charge in [0.05, 0.1) is 13.2 Å². The third-order valence-corrected chi connectivity index (χ3v) is 4.30. The number of carbonyl (C=O) groups excluding carboxylic acids is 1. The van der Waals surface area contributed by atoms with Crippen LogP contribution in [0.3, 0.4) is 0 Å². The van der Waals surface area contributed by atoms with Crippen LogP contribution in [-0.2, 0) is 22.7 Å². The van der Waals surface area contributed by atoms with E-state index in [-0.39, 0.29) is 24.2 Å². The molecule has 1 atom stereocenters. The molecule has 0 saturated carbocycles. The monoisotopic (exact) mass is 342 g/mol. The number of aromatic hydroxyl groups is 1. The number of hydrogen-bond donors (Lipinski definition) is 2. The summed E-state index contributed by atoms with van der Waals surface area (Å²) in [6, 6.07) is 15.1. The lowest BCUT2D eigenvalue weighted by molar-refractivity contribution is -0.122. The maximum atomic E-state index is 12.3. The third kappa shape index (κ3) is 5.59. The van der Waals surface area contributed by atoms with Gasteiger partial charge in [-0.3, -0.25) is 9.69 Å². The number of hydrogen-bond acceptors (Lipinski definition) is 4. The van der Waals surface area contributed by atoms with Crippen molar-refractivity contribution in [3.8, 4) is 5.75 Å². The molecule has 5 heteroatoms. The standard InChI is InChI=1S/C20H26N2O3/c1-15(16-9-6-10-19(23)11-16)22(2)13-20(24)21-12-17-7-4-5-8-18(17)14-25-3/h4-11,15,23H,12-14H2,1-3H3,(H,21,24). The molecule has 2 aromatic rings. The van der Waals surface area contributed by atoms with E-state index in [9.17, 15) is 9.90 Å². The van der Waals surface area contributed by atoms with Gasteiger partial charge in [0.2, 0.25) is 5.91 Å². The summed E-state index contributed by atoms with van der Waals surface area (Å²) in [5.74, 6) is 0.193. The van der Waals surface area contributed by atoms with Gasteiger partial charge in [-0.1, -0.05) is 36.4 Å². The Balaban J connectivity index is 1.89. The minimum Gasteiger partial charge on any atom is -0.508 e. The van der Waals surface area contributed by atoms with Crippen LogP contribution in [-0.4, -0.2) is 36.6 Å². The predicted molar refractivity (Wildman–Crippen MR) is 98.2 cm³/mol. The average Bonchev–Trinajstić information content (AvgIpc) is 2.60. The Hall–Kier alpha value is -2.37. The van der Waals surface area contributed by atoms with Gasteiger partial charge in [0.15, 0.2) is 0 Å². The van der Waals surface area contributed by atoms with Gasteiger partial charge in [-0.15, -0.1) is 0 Å². The lowest BCUT2D eigenvalue weighted by atomic mass is 10.1. The van der Waals surface area contributed by atoms with Gasteiger partial charge in [0.1, 0.15) is 5.75 Å². The van der Waals surface area contributed by atoms with Crippen LogP contribution >= 0.6 is 0 Å². The molecule has 0 aliphatic heterocycles. The first-order valence-corrected chi connectivity index (χ1v) is 8.33. The minimum atomic E-state index is -0.0401. The molecular weight excluding hydrogens is 316 g/mol. The highest BCUT2D eigenvalue weighted by Crippen LogP contribution is 2.21. The minimum absolute atomic E-state index is 0.0265. The molecule has 0 aromatic heterocycles. The molecule has 0 saturated heterocycles. The SMILES string of the molecule is COCc1ccccc1CNC(=O)CN(C)C(C)c1cccc(O)c1. The Morgan fingerprint density at radius 1 is 1.20 bits per heavy atom. The molecule has 5 nitrogen and oxygen atoms in total. The molecule has 0 fully saturated rings. The molecule has 2 rings (SSSR count). The van der Waals surface area contributed by atoms with Gasteiger partial charge in [0, 0.05) is 19.7 Å². The number of ether oxygens (including phenoxy) is 1. The fourth-order valence-electron chi connectivity index (χ4n) is 2.68. The zero-order valence-corrected chi connectivity index (χ0v) is 15.0. The second kappa shape index (κ2) is 9.20. The number of benzene rings is 2. The van der Waals surface area contributed by atoms with Crippen molar-refractivity contribution in [3.05, 3.63) is 65.2 Å². The van der Waals surface area contributed by atoms with Crippen molar-refractivity contribution in [3.63, 3.8) is 0 Å². The molecule has 2 N–H and O–H groups in total. The van der Waals surface area contributed by atoms with Crippen LogP contribution in [0.4, 0.5) is 0 Å². The molecular formula is C20H26N2O3. The van der Waals surface area contributed by atoms with Crippen molar-refractivity contribution in [1.82, 2.24) is 10.2 Å². The van der Waals surface area contributed by atoms with E-state index in [1.54, 1.807) is 19.2 Å². The highest BCUT2D eigenvalue weighted by Gasteiger charge is 2.15. The van der Waals surface area contributed by atoms with Crippen molar-refractivity contribution in [2.45, 2.75) is 26.1 Å². The molecule has 0 heterocycles. The van der Waals surface area contributed by atoms with Crippen LogP contribution in [0.25, 0.3) is 0 Å². The summed E-state index contributed by atoms with van der Waals surface area (Å²) >= 11 is 0. The molecule has 0 bridgehead atoms. The second-order valence-electron chi connectivity index (χ2n) is 6.16. The molecule has 0 aliphatic rings. The van der Waals surface area contributed by atoms with Gasteiger partial charge in [-0.05, 0) is 42.8 Å². The largest absolute Gasteiger partial charge is 0.508 e.